The first kappa shape index (κ1) is 14.6. The summed E-state index contributed by atoms with van der Waals surface area (Å²) in [5.41, 5.74) is 0. The lowest BCUT2D eigenvalue weighted by molar-refractivity contribution is -0.163. The lowest BCUT2D eigenvalue weighted by Gasteiger charge is -2.38. The Balaban J connectivity index is 2.16. The zero-order valence-corrected chi connectivity index (χ0v) is 12.9. The molecule has 0 saturated carbocycles. The Bertz CT molecular complexity index is 402. The number of ether oxygens (including phenoxy) is 1. The van der Waals surface area contributed by atoms with Gasteiger partial charge < -0.3 is 9.64 Å². The quantitative estimate of drug-likeness (QED) is 0.452. The molecule has 2 rings (SSSR count). The molecule has 0 bridgehead atoms. The molecule has 2 atom stereocenters. The lowest BCUT2D eigenvalue weighted by atomic mass is 9.98. The van der Waals surface area contributed by atoms with Gasteiger partial charge in [0.15, 0.2) is 0 Å². The average Bonchev–Trinajstić information content (AvgIpc) is 2.45. The summed E-state index contributed by atoms with van der Waals surface area (Å²) in [5.74, 6) is -0.908. The molecule has 18 heavy (non-hydrogen) atoms. The van der Waals surface area contributed by atoms with E-state index in [1.807, 2.05) is 13.8 Å². The van der Waals surface area contributed by atoms with E-state index in [9.17, 15) is 9.59 Å². The normalized spacial score (nSPS) is 29.8. The predicted molar refractivity (Wildman–Crippen MR) is 72.0 cm³/mol. The second-order valence-electron chi connectivity index (χ2n) is 4.78. The SMILES string of the molecule is CC1(C)S[C@@H]2CC(=O)N2[C@H]1C(=O)OC(Cl)(Cl)CCl. The summed E-state index contributed by atoms with van der Waals surface area (Å²) in [5, 5.41) is 0.0427. The van der Waals surface area contributed by atoms with E-state index in [0.29, 0.717) is 6.42 Å². The van der Waals surface area contributed by atoms with Gasteiger partial charge in [0.2, 0.25) is 5.91 Å². The van der Waals surface area contributed by atoms with Crippen molar-refractivity contribution < 1.29 is 14.3 Å². The molecule has 0 aromatic rings. The second kappa shape index (κ2) is 4.62. The molecule has 0 radical (unpaired) electrons. The van der Waals surface area contributed by atoms with Gasteiger partial charge >= 0.3 is 5.97 Å². The Hall–Kier alpha value is 0.160. The summed E-state index contributed by atoms with van der Waals surface area (Å²) in [6.45, 7) is 3.78. The standard InChI is InChI=1S/C10H12Cl3NO3S/c1-9(2)7(8(16)17-10(12,13)4-11)14-5(15)3-6(14)18-9/h6-7H,3-4H2,1-2H3/t6-,7+/m1/s1. The van der Waals surface area contributed by atoms with Gasteiger partial charge in [0.05, 0.1) is 17.7 Å². The largest absolute Gasteiger partial charge is 0.426 e. The van der Waals surface area contributed by atoms with Crippen LogP contribution < -0.4 is 0 Å². The zero-order valence-electron chi connectivity index (χ0n) is 9.78. The van der Waals surface area contributed by atoms with Crippen molar-refractivity contribution in [2.75, 3.05) is 5.88 Å². The number of hydrogen-bond donors (Lipinski definition) is 0. The van der Waals surface area contributed by atoms with Crippen LogP contribution in [0.1, 0.15) is 20.3 Å². The molecule has 0 unspecified atom stereocenters. The number of rotatable bonds is 3. The molecule has 0 aromatic carbocycles. The molecule has 2 aliphatic rings. The number of halogens is 3. The number of thioether (sulfide) groups is 1. The van der Waals surface area contributed by atoms with Crippen LogP contribution in [-0.4, -0.2) is 43.3 Å². The minimum Gasteiger partial charge on any atom is -0.426 e. The van der Waals surface area contributed by atoms with Crippen molar-refractivity contribution in [3.05, 3.63) is 0 Å². The highest BCUT2D eigenvalue weighted by Crippen LogP contribution is 2.51. The number of alkyl halides is 3. The van der Waals surface area contributed by atoms with Crippen LogP contribution in [-0.2, 0) is 14.3 Å². The smallest absolute Gasteiger partial charge is 0.333 e. The summed E-state index contributed by atoms with van der Waals surface area (Å²) in [7, 11) is 0. The molecule has 2 heterocycles. The maximum Gasteiger partial charge on any atom is 0.333 e. The van der Waals surface area contributed by atoms with Crippen LogP contribution in [0.4, 0.5) is 0 Å². The van der Waals surface area contributed by atoms with E-state index in [1.54, 1.807) is 11.8 Å². The van der Waals surface area contributed by atoms with E-state index < -0.39 is 21.3 Å². The van der Waals surface area contributed by atoms with E-state index in [-0.39, 0.29) is 17.2 Å². The summed E-state index contributed by atoms with van der Waals surface area (Å²) in [6.07, 6.45) is 0.459. The van der Waals surface area contributed by atoms with Crippen LogP contribution in [0.2, 0.25) is 0 Å². The summed E-state index contributed by atoms with van der Waals surface area (Å²) in [6, 6.07) is -0.672. The Labute approximate surface area is 124 Å². The van der Waals surface area contributed by atoms with Crippen molar-refractivity contribution >= 4 is 58.4 Å². The molecule has 4 nitrogen and oxygen atoms in total. The molecule has 2 saturated heterocycles. The number of hydrogen-bond acceptors (Lipinski definition) is 4. The number of fused-ring (bicyclic) bond motifs is 1. The third kappa shape index (κ3) is 2.42. The summed E-state index contributed by atoms with van der Waals surface area (Å²) < 4.78 is 2.78. The maximum absolute atomic E-state index is 12.1. The Morgan fingerprint density at radius 1 is 1.61 bits per heavy atom. The molecule has 102 valence electrons. The maximum atomic E-state index is 12.1. The van der Waals surface area contributed by atoms with Gasteiger partial charge in [-0.3, -0.25) is 4.79 Å². The highest BCUT2D eigenvalue weighted by Gasteiger charge is 2.59. The molecule has 8 heteroatoms. The van der Waals surface area contributed by atoms with Crippen LogP contribution in [0.25, 0.3) is 0 Å². The molecular weight excluding hydrogens is 321 g/mol. The first-order chi connectivity index (χ1) is 8.18. The monoisotopic (exact) mass is 331 g/mol. The van der Waals surface area contributed by atoms with Gasteiger partial charge in [0.1, 0.15) is 6.04 Å². The molecule has 0 N–H and O–H groups in total. The van der Waals surface area contributed by atoms with Crippen molar-refractivity contribution in [3.63, 3.8) is 0 Å². The topological polar surface area (TPSA) is 46.6 Å². The van der Waals surface area contributed by atoms with Gasteiger partial charge in [-0.2, -0.15) is 0 Å². The van der Waals surface area contributed by atoms with Crippen molar-refractivity contribution in [2.24, 2.45) is 0 Å². The number of carbonyl (C=O) groups excluding carboxylic acids is 2. The molecule has 1 amide bonds. The van der Waals surface area contributed by atoms with E-state index in [2.05, 4.69) is 0 Å². The van der Waals surface area contributed by atoms with Gasteiger partial charge in [0, 0.05) is 4.75 Å². The van der Waals surface area contributed by atoms with Gasteiger partial charge in [0.25, 0.3) is 4.52 Å². The van der Waals surface area contributed by atoms with E-state index >= 15 is 0 Å². The fourth-order valence-electron chi connectivity index (χ4n) is 2.19. The summed E-state index contributed by atoms with van der Waals surface area (Å²) in [4.78, 5) is 25.2. The molecule has 2 aliphatic heterocycles. The van der Waals surface area contributed by atoms with Crippen LogP contribution in [0.5, 0.6) is 0 Å². The number of β-lactam (4-membered cyclic amide) rings is 1. The van der Waals surface area contributed by atoms with Crippen molar-refractivity contribution in [1.82, 2.24) is 4.90 Å². The van der Waals surface area contributed by atoms with Crippen LogP contribution in [0.15, 0.2) is 0 Å². The fourth-order valence-corrected chi connectivity index (χ4v) is 4.01. The third-order valence-corrected chi connectivity index (χ3v) is 5.52. The first-order valence-electron chi connectivity index (χ1n) is 5.33. The van der Waals surface area contributed by atoms with Crippen LogP contribution in [0, 0.1) is 0 Å². The Morgan fingerprint density at radius 3 is 2.72 bits per heavy atom. The van der Waals surface area contributed by atoms with Crippen molar-refractivity contribution in [1.29, 1.82) is 0 Å². The van der Waals surface area contributed by atoms with Crippen LogP contribution >= 0.6 is 46.6 Å². The second-order valence-corrected chi connectivity index (χ2v) is 8.29. The first-order valence-corrected chi connectivity index (χ1v) is 7.50. The predicted octanol–water partition coefficient (Wildman–Crippen LogP) is 2.35. The van der Waals surface area contributed by atoms with Crippen molar-refractivity contribution in [3.8, 4) is 0 Å². The van der Waals surface area contributed by atoms with Gasteiger partial charge in [-0.05, 0) is 13.8 Å². The minimum absolute atomic E-state index is 0.0427. The van der Waals surface area contributed by atoms with Gasteiger partial charge in [-0.25, -0.2) is 4.79 Å². The van der Waals surface area contributed by atoms with Gasteiger partial charge in [-0.15, -0.1) is 23.4 Å². The number of carbonyl (C=O) groups is 2. The number of esters is 1. The summed E-state index contributed by atoms with van der Waals surface area (Å²) >= 11 is 18.5. The van der Waals surface area contributed by atoms with E-state index in [4.69, 9.17) is 39.5 Å². The fraction of sp³-hybridized carbons (Fsp3) is 0.800. The van der Waals surface area contributed by atoms with Crippen molar-refractivity contribution in [2.45, 2.75) is 41.0 Å². The Kier molecular flexibility index (Phi) is 3.74. The molecular formula is C10H12Cl3NO3S. The Morgan fingerprint density at radius 2 is 2.22 bits per heavy atom. The average molecular weight is 333 g/mol. The molecule has 0 aromatic heterocycles. The zero-order chi connectivity index (χ0) is 13.7. The minimum atomic E-state index is -1.76. The third-order valence-electron chi connectivity index (χ3n) is 2.95. The number of nitrogens with zero attached hydrogens (tertiary/aromatic N) is 1. The van der Waals surface area contributed by atoms with Crippen LogP contribution in [0.3, 0.4) is 0 Å². The highest BCUT2D eigenvalue weighted by molar-refractivity contribution is 8.01. The van der Waals surface area contributed by atoms with E-state index in [0.717, 1.165) is 0 Å². The molecule has 0 spiro atoms. The van der Waals surface area contributed by atoms with E-state index in [1.165, 1.54) is 4.90 Å². The highest BCUT2D eigenvalue weighted by atomic mass is 35.5. The molecule has 2 fully saturated rings. The lowest BCUT2D eigenvalue weighted by Crippen LogP contribution is -2.57. The number of amides is 1. The molecule has 0 aliphatic carbocycles. The van der Waals surface area contributed by atoms with Gasteiger partial charge in [-0.1, -0.05) is 23.2 Å².